The van der Waals surface area contributed by atoms with Crippen LogP contribution in [0, 0.1) is 5.92 Å². The number of hydrogen-bond donors (Lipinski definition) is 3. The summed E-state index contributed by atoms with van der Waals surface area (Å²) in [5.41, 5.74) is 6.90. The minimum absolute atomic E-state index is 0.163. The Labute approximate surface area is 212 Å². The van der Waals surface area contributed by atoms with Gasteiger partial charge in [0, 0.05) is 18.7 Å². The van der Waals surface area contributed by atoms with Gasteiger partial charge in [-0.3, -0.25) is 4.79 Å². The number of amides is 1. The molecule has 0 aromatic heterocycles. The average Bonchev–Trinajstić information content (AvgIpc) is 3.25. The van der Waals surface area contributed by atoms with E-state index < -0.39 is 24.0 Å². The van der Waals surface area contributed by atoms with Gasteiger partial charge in [0.05, 0.1) is 18.8 Å². The van der Waals surface area contributed by atoms with Gasteiger partial charge in [0.2, 0.25) is 0 Å². The number of hydrogen-bond acceptors (Lipinski definition) is 6. The van der Waals surface area contributed by atoms with Crippen molar-refractivity contribution in [3.8, 4) is 16.9 Å². The maximum absolute atomic E-state index is 13.9. The van der Waals surface area contributed by atoms with Gasteiger partial charge in [0.25, 0.3) is 5.91 Å². The van der Waals surface area contributed by atoms with E-state index in [0.717, 1.165) is 42.8 Å². The highest BCUT2D eigenvalue weighted by Crippen LogP contribution is 2.27. The molecule has 196 valence electrons. The van der Waals surface area contributed by atoms with E-state index >= 15 is 0 Å². The maximum atomic E-state index is 13.9. The quantitative estimate of drug-likeness (QED) is 0.483. The number of likely N-dealkylation sites (tertiary alicyclic amines) is 2. The third-order valence-electron chi connectivity index (χ3n) is 7.09. The lowest BCUT2D eigenvalue weighted by atomic mass is 9.97. The van der Waals surface area contributed by atoms with Gasteiger partial charge >= 0.3 is 0 Å². The Bertz CT molecular complexity index is 999. The van der Waals surface area contributed by atoms with Crippen molar-refractivity contribution in [1.82, 2.24) is 9.80 Å². The first kappa shape index (κ1) is 26.5. The molecule has 2 aromatic rings. The van der Waals surface area contributed by atoms with E-state index in [1.54, 1.807) is 26.0 Å². The standard InChI is InChI=1S/C28H38FN3O4/c1-28(2,29)18-31-13-11-19(12-14-31)17-36-24-9-7-21(8-10-24)20-3-5-22(6-4-20)27(35)32-16-23(33)15-25(32)26(30)34/h3-10,19,23,25-26,33-34H,11-18,30H2,1-2H3/t23-,25+,26?/m1/s1. The molecule has 2 saturated heterocycles. The summed E-state index contributed by atoms with van der Waals surface area (Å²) in [6.07, 6.45) is 0.430. The molecule has 2 aliphatic rings. The zero-order valence-corrected chi connectivity index (χ0v) is 21.1. The molecule has 1 unspecified atom stereocenters. The van der Waals surface area contributed by atoms with Gasteiger partial charge in [0.1, 0.15) is 17.6 Å². The van der Waals surface area contributed by atoms with Crippen molar-refractivity contribution in [2.45, 2.75) is 57.2 Å². The van der Waals surface area contributed by atoms with Crippen LogP contribution in [0.3, 0.4) is 0 Å². The lowest BCUT2D eigenvalue weighted by Gasteiger charge is -2.34. The van der Waals surface area contributed by atoms with Gasteiger partial charge in [-0.1, -0.05) is 24.3 Å². The first-order chi connectivity index (χ1) is 17.1. The molecule has 2 fully saturated rings. The smallest absolute Gasteiger partial charge is 0.254 e. The van der Waals surface area contributed by atoms with Crippen LogP contribution in [0.2, 0.25) is 0 Å². The molecule has 0 spiro atoms. The minimum atomic E-state index is -1.19. The average molecular weight is 500 g/mol. The number of nitrogens with zero attached hydrogens (tertiary/aromatic N) is 2. The van der Waals surface area contributed by atoms with E-state index in [2.05, 4.69) is 4.90 Å². The Morgan fingerprint density at radius 1 is 1.11 bits per heavy atom. The number of carbonyl (C=O) groups excluding carboxylic acids is 1. The fourth-order valence-corrected chi connectivity index (χ4v) is 5.17. The number of benzene rings is 2. The van der Waals surface area contributed by atoms with Crippen LogP contribution in [0.25, 0.3) is 11.1 Å². The second kappa shape index (κ2) is 11.3. The number of β-amino-alcohol motifs (C(OH)–C–C–N with tert-alkyl or cyclic N) is 1. The van der Waals surface area contributed by atoms with Crippen LogP contribution in [-0.4, -0.2) is 82.7 Å². The van der Waals surface area contributed by atoms with Crippen molar-refractivity contribution in [1.29, 1.82) is 0 Å². The molecule has 8 heteroatoms. The monoisotopic (exact) mass is 499 g/mol. The SMILES string of the molecule is CC(C)(F)CN1CCC(COc2ccc(-c3ccc(C(=O)N4C[C@H](O)C[C@H]4C(N)O)cc3)cc2)CC1. The van der Waals surface area contributed by atoms with Crippen LogP contribution in [0.5, 0.6) is 5.75 Å². The zero-order valence-electron chi connectivity index (χ0n) is 21.1. The minimum Gasteiger partial charge on any atom is -0.493 e. The summed E-state index contributed by atoms with van der Waals surface area (Å²) < 4.78 is 19.9. The number of piperidine rings is 1. The Hall–Kier alpha value is -2.52. The molecule has 0 saturated carbocycles. The van der Waals surface area contributed by atoms with Gasteiger partial charge in [0.15, 0.2) is 0 Å². The van der Waals surface area contributed by atoms with Gasteiger partial charge in [-0.2, -0.15) is 0 Å². The zero-order chi connectivity index (χ0) is 25.9. The highest BCUT2D eigenvalue weighted by atomic mass is 19.1. The summed E-state index contributed by atoms with van der Waals surface area (Å²) in [6, 6.07) is 14.6. The molecule has 36 heavy (non-hydrogen) atoms. The predicted octanol–water partition coefficient (Wildman–Crippen LogP) is 3.05. The topological polar surface area (TPSA) is 99.3 Å². The number of nitrogens with two attached hydrogens (primary N) is 1. The van der Waals surface area contributed by atoms with E-state index in [0.29, 0.717) is 24.6 Å². The molecule has 3 atom stereocenters. The van der Waals surface area contributed by atoms with Crippen molar-refractivity contribution in [2.24, 2.45) is 11.7 Å². The lowest BCUT2D eigenvalue weighted by molar-refractivity contribution is 0.0506. The number of halogens is 1. The van der Waals surface area contributed by atoms with Crippen molar-refractivity contribution >= 4 is 5.91 Å². The summed E-state index contributed by atoms with van der Waals surface area (Å²) in [7, 11) is 0. The molecule has 4 N–H and O–H groups in total. The van der Waals surface area contributed by atoms with Crippen LogP contribution in [0.1, 0.15) is 43.5 Å². The van der Waals surface area contributed by atoms with Crippen LogP contribution in [-0.2, 0) is 0 Å². The number of aliphatic hydroxyl groups is 2. The van der Waals surface area contributed by atoms with Gasteiger partial charge in [-0.25, -0.2) is 4.39 Å². The molecule has 1 amide bonds. The van der Waals surface area contributed by atoms with Gasteiger partial charge in [-0.05, 0) is 87.5 Å². The molecule has 2 aromatic carbocycles. The highest BCUT2D eigenvalue weighted by molar-refractivity contribution is 5.95. The van der Waals surface area contributed by atoms with Crippen LogP contribution < -0.4 is 10.5 Å². The van der Waals surface area contributed by atoms with E-state index in [4.69, 9.17) is 10.5 Å². The number of alkyl halides is 1. The molecule has 4 rings (SSSR count). The van der Waals surface area contributed by atoms with Crippen molar-refractivity contribution in [3.63, 3.8) is 0 Å². The Morgan fingerprint density at radius 3 is 2.25 bits per heavy atom. The molecular formula is C28H38FN3O4. The number of carbonyl (C=O) groups is 1. The number of rotatable bonds is 8. The number of aliphatic hydroxyl groups excluding tert-OH is 2. The molecule has 2 heterocycles. The Morgan fingerprint density at radius 2 is 1.69 bits per heavy atom. The maximum Gasteiger partial charge on any atom is 0.254 e. The fraction of sp³-hybridized carbons (Fsp3) is 0.536. The van der Waals surface area contributed by atoms with E-state index in [1.165, 1.54) is 4.90 Å². The van der Waals surface area contributed by atoms with Crippen molar-refractivity contribution in [2.75, 3.05) is 32.8 Å². The van der Waals surface area contributed by atoms with E-state index in [1.807, 2.05) is 36.4 Å². The van der Waals surface area contributed by atoms with Crippen LogP contribution >= 0.6 is 0 Å². The number of ether oxygens (including phenoxy) is 1. The van der Waals surface area contributed by atoms with Crippen molar-refractivity contribution < 1.29 is 24.1 Å². The molecule has 2 aliphatic heterocycles. The normalized spacial score (nSPS) is 22.6. The second-order valence-corrected chi connectivity index (χ2v) is 10.8. The molecular weight excluding hydrogens is 461 g/mol. The molecule has 0 aliphatic carbocycles. The first-order valence-electron chi connectivity index (χ1n) is 12.8. The van der Waals surface area contributed by atoms with Gasteiger partial charge in [-0.15, -0.1) is 0 Å². The third kappa shape index (κ3) is 6.82. The first-order valence-corrected chi connectivity index (χ1v) is 12.8. The largest absolute Gasteiger partial charge is 0.493 e. The van der Waals surface area contributed by atoms with E-state index in [-0.39, 0.29) is 18.9 Å². The Balaban J connectivity index is 1.29. The molecule has 0 bridgehead atoms. The highest BCUT2D eigenvalue weighted by Gasteiger charge is 2.37. The summed E-state index contributed by atoms with van der Waals surface area (Å²) in [5.74, 6) is 1.04. The predicted molar refractivity (Wildman–Crippen MR) is 137 cm³/mol. The summed E-state index contributed by atoms with van der Waals surface area (Å²) >= 11 is 0. The fourth-order valence-electron chi connectivity index (χ4n) is 5.17. The Kier molecular flexibility index (Phi) is 8.30. The summed E-state index contributed by atoms with van der Waals surface area (Å²) in [5, 5.41) is 19.7. The van der Waals surface area contributed by atoms with E-state index in [9.17, 15) is 19.4 Å². The van der Waals surface area contributed by atoms with Crippen LogP contribution in [0.15, 0.2) is 48.5 Å². The van der Waals surface area contributed by atoms with Crippen LogP contribution in [0.4, 0.5) is 4.39 Å². The molecule has 7 nitrogen and oxygen atoms in total. The third-order valence-corrected chi connectivity index (χ3v) is 7.09. The molecule has 0 radical (unpaired) electrons. The van der Waals surface area contributed by atoms with Crippen molar-refractivity contribution in [3.05, 3.63) is 54.1 Å². The second-order valence-electron chi connectivity index (χ2n) is 10.8. The lowest BCUT2D eigenvalue weighted by Crippen LogP contribution is -2.46. The summed E-state index contributed by atoms with van der Waals surface area (Å²) in [4.78, 5) is 16.5. The summed E-state index contributed by atoms with van der Waals surface area (Å²) in [6.45, 7) is 6.38. The van der Waals surface area contributed by atoms with Gasteiger partial charge < -0.3 is 30.5 Å².